The normalized spacial score (nSPS) is 19.7. The number of terminal acetylenes is 1. The topological polar surface area (TPSA) is 136 Å². The number of phenolic OH excluding ortho intramolecular Hbond substituents is 1. The summed E-state index contributed by atoms with van der Waals surface area (Å²) in [5, 5.41) is 11.4. The smallest absolute Gasteiger partial charge is 0.413 e. The number of amides is 1. The number of aromatic hydroxyl groups is 1. The van der Waals surface area contributed by atoms with Crippen LogP contribution in [0, 0.1) is 29.9 Å². The Morgan fingerprint density at radius 3 is 2.54 bits per heavy atom. The first-order valence-corrected chi connectivity index (χ1v) is 16.5. The number of methoxy groups -OCH3 is 1. The second-order valence-electron chi connectivity index (χ2n) is 12.8. The zero-order valence-electron chi connectivity index (χ0n) is 27.5. The third-order valence-electron chi connectivity index (χ3n) is 9.63. The van der Waals surface area contributed by atoms with Gasteiger partial charge in [0.05, 0.1) is 30.1 Å². The van der Waals surface area contributed by atoms with Crippen LogP contribution in [0.15, 0.2) is 30.5 Å². The summed E-state index contributed by atoms with van der Waals surface area (Å²) in [6.45, 7) is 3.47. The molecule has 3 atom stereocenters. The van der Waals surface area contributed by atoms with E-state index in [4.69, 9.17) is 25.4 Å². The number of phenols is 1. The maximum atomic E-state index is 16.5. The van der Waals surface area contributed by atoms with Crippen molar-refractivity contribution in [1.82, 2.24) is 19.9 Å². The van der Waals surface area contributed by atoms with Crippen LogP contribution in [-0.2, 0) is 19.0 Å². The number of nitrogens with zero attached hydrogens (tertiary/aromatic N) is 5. The van der Waals surface area contributed by atoms with Gasteiger partial charge in [0.2, 0.25) is 6.29 Å². The Morgan fingerprint density at radius 1 is 1.10 bits per heavy atom. The first kappa shape index (κ1) is 33.2. The van der Waals surface area contributed by atoms with Gasteiger partial charge in [0.1, 0.15) is 28.6 Å². The first-order chi connectivity index (χ1) is 24.1. The molecule has 2 aromatic heterocycles. The molecule has 5 heterocycles. The van der Waals surface area contributed by atoms with Crippen LogP contribution in [-0.4, -0.2) is 88.8 Å². The summed E-state index contributed by atoms with van der Waals surface area (Å²) in [4.78, 5) is 42.7. The molecule has 3 aliphatic rings. The summed E-state index contributed by atoms with van der Waals surface area (Å²) >= 11 is 0. The zero-order chi connectivity index (χ0) is 35.1. The summed E-state index contributed by atoms with van der Waals surface area (Å²) in [6.07, 6.45) is 8.65. The monoisotopic (exact) mass is 687 g/mol. The van der Waals surface area contributed by atoms with Gasteiger partial charge in [-0.05, 0) is 55.2 Å². The number of fused-ring (bicyclic) bond motifs is 4. The Labute approximate surface area is 286 Å². The first-order valence-electron chi connectivity index (χ1n) is 16.5. The fourth-order valence-electron chi connectivity index (χ4n) is 7.31. The molecule has 50 heavy (non-hydrogen) atoms. The third kappa shape index (κ3) is 6.17. The minimum Gasteiger partial charge on any atom is -0.508 e. The second kappa shape index (κ2) is 13.5. The molecule has 3 saturated heterocycles. The van der Waals surface area contributed by atoms with E-state index in [1.807, 2.05) is 4.90 Å². The number of carbonyl (C=O) groups is 2. The molecule has 1 amide bonds. The van der Waals surface area contributed by atoms with Gasteiger partial charge in [-0.3, -0.25) is 14.7 Å². The Balaban J connectivity index is 1.14. The highest BCUT2D eigenvalue weighted by molar-refractivity contribution is 6.03. The summed E-state index contributed by atoms with van der Waals surface area (Å²) in [7, 11) is 1.37. The quantitative estimate of drug-likeness (QED) is 0.154. The number of esters is 1. The number of ether oxygens (including phenoxy) is 4. The number of piperazine rings is 1. The fraction of sp³-hybridized carbons (Fsp3) is 0.417. The van der Waals surface area contributed by atoms with Crippen LogP contribution in [0.2, 0.25) is 0 Å². The Hall–Kier alpha value is -5.29. The second-order valence-corrected chi connectivity index (χ2v) is 12.8. The molecule has 3 fully saturated rings. The van der Waals surface area contributed by atoms with Gasteiger partial charge in [-0.15, -0.1) is 6.42 Å². The molecule has 12 nitrogen and oxygen atoms in total. The van der Waals surface area contributed by atoms with E-state index in [9.17, 15) is 19.1 Å². The van der Waals surface area contributed by atoms with Crippen LogP contribution < -0.4 is 9.64 Å². The largest absolute Gasteiger partial charge is 0.508 e. The molecular formula is C36H35F2N5O7. The maximum absolute atomic E-state index is 16.5. The number of carbonyl (C=O) groups excluding carboxylic acids is 2. The lowest BCUT2D eigenvalue weighted by Gasteiger charge is -2.41. The average Bonchev–Trinajstić information content (AvgIpc) is 3.37. The molecule has 0 aliphatic carbocycles. The summed E-state index contributed by atoms with van der Waals surface area (Å²) in [5.74, 6) is 0.776. The van der Waals surface area contributed by atoms with Crippen molar-refractivity contribution < 1.29 is 42.4 Å². The minimum absolute atomic E-state index is 0.0887. The fourth-order valence-corrected chi connectivity index (χ4v) is 7.31. The number of hydrogen-bond acceptors (Lipinski definition) is 11. The standard InChI is InChI=1S/C36H35F2N5O7/c1-4-25-28(37)8-5-21-14-24(44)15-26(30(21)25)32-31(38)33-27(16-39-32)34(41-35(40-33)47-3)42-17-22-6-7-23(18-42)43(22)36(46)50-19(2)49-29(45)13-20-9-11-48-12-10-20/h1,5,8,14-16,19-20,22-23,44H,6-7,9-13,17-18H2,2-3H3. The molecule has 260 valence electrons. The molecule has 0 radical (unpaired) electrons. The molecule has 7 rings (SSSR count). The van der Waals surface area contributed by atoms with Crippen LogP contribution in [0.3, 0.4) is 0 Å². The van der Waals surface area contributed by atoms with E-state index < -0.39 is 30.0 Å². The maximum Gasteiger partial charge on any atom is 0.413 e. The van der Waals surface area contributed by atoms with Gasteiger partial charge < -0.3 is 29.0 Å². The van der Waals surface area contributed by atoms with Crippen molar-refractivity contribution in [3.05, 3.63) is 47.7 Å². The highest BCUT2D eigenvalue weighted by atomic mass is 19.1. The molecule has 3 aliphatic heterocycles. The van der Waals surface area contributed by atoms with Crippen LogP contribution >= 0.6 is 0 Å². The van der Waals surface area contributed by atoms with Gasteiger partial charge in [0.25, 0.3) is 0 Å². The molecule has 2 bridgehead atoms. The number of pyridine rings is 1. The van der Waals surface area contributed by atoms with Crippen molar-refractivity contribution in [2.24, 2.45) is 5.92 Å². The van der Waals surface area contributed by atoms with Gasteiger partial charge in [-0.25, -0.2) is 13.6 Å². The molecule has 0 spiro atoms. The molecule has 1 N–H and O–H groups in total. The van der Waals surface area contributed by atoms with E-state index in [0.29, 0.717) is 55.7 Å². The highest BCUT2D eigenvalue weighted by Gasteiger charge is 2.45. The molecule has 4 aromatic rings. The van der Waals surface area contributed by atoms with Crippen molar-refractivity contribution in [2.45, 2.75) is 57.4 Å². The van der Waals surface area contributed by atoms with E-state index in [-0.39, 0.29) is 63.9 Å². The lowest BCUT2D eigenvalue weighted by atomic mass is 9.96. The molecular weight excluding hydrogens is 652 g/mol. The number of rotatable bonds is 7. The molecule has 3 unspecified atom stereocenters. The molecule has 0 saturated carbocycles. The minimum atomic E-state index is -1.05. The van der Waals surface area contributed by atoms with E-state index in [0.717, 1.165) is 12.8 Å². The van der Waals surface area contributed by atoms with E-state index in [1.54, 1.807) is 4.90 Å². The molecule has 14 heteroatoms. The van der Waals surface area contributed by atoms with Crippen molar-refractivity contribution in [2.75, 3.05) is 38.3 Å². The zero-order valence-corrected chi connectivity index (χ0v) is 27.5. The van der Waals surface area contributed by atoms with Gasteiger partial charge >= 0.3 is 18.1 Å². The van der Waals surface area contributed by atoms with Gasteiger partial charge in [0.15, 0.2) is 5.82 Å². The van der Waals surface area contributed by atoms with Crippen molar-refractivity contribution >= 4 is 39.6 Å². The predicted molar refractivity (Wildman–Crippen MR) is 177 cm³/mol. The van der Waals surface area contributed by atoms with Gasteiger partial charge in [-0.1, -0.05) is 12.0 Å². The van der Waals surface area contributed by atoms with Gasteiger partial charge in [-0.2, -0.15) is 9.97 Å². The summed E-state index contributed by atoms with van der Waals surface area (Å²) in [6, 6.07) is 4.72. The number of anilines is 1. The third-order valence-corrected chi connectivity index (χ3v) is 9.63. The lowest BCUT2D eigenvalue weighted by molar-refractivity contribution is -0.168. The highest BCUT2D eigenvalue weighted by Crippen LogP contribution is 2.40. The average molecular weight is 688 g/mol. The number of aromatic nitrogens is 3. The van der Waals surface area contributed by atoms with Crippen molar-refractivity contribution in [3.8, 4) is 35.4 Å². The Kier molecular flexibility index (Phi) is 9.00. The number of hydrogen-bond donors (Lipinski definition) is 1. The van der Waals surface area contributed by atoms with Crippen LogP contribution in [0.1, 0.15) is 44.6 Å². The van der Waals surface area contributed by atoms with E-state index >= 15 is 4.39 Å². The van der Waals surface area contributed by atoms with Gasteiger partial charge in [0, 0.05) is 56.8 Å². The Morgan fingerprint density at radius 2 is 1.84 bits per heavy atom. The van der Waals surface area contributed by atoms with E-state index in [1.165, 1.54) is 44.5 Å². The lowest BCUT2D eigenvalue weighted by Crippen LogP contribution is -2.56. The predicted octanol–water partition coefficient (Wildman–Crippen LogP) is 5.31. The molecule has 2 aromatic carbocycles. The van der Waals surface area contributed by atoms with Crippen LogP contribution in [0.5, 0.6) is 11.8 Å². The SMILES string of the molecule is C#Cc1c(F)ccc2cc(O)cc(-c3ncc4c(N5CC6CCC(C5)N6C(=O)OC(C)OC(=O)CC5CCOCC5)nc(OC)nc4c3F)c12. The number of halogens is 2. The Bertz CT molecular complexity index is 2020. The van der Waals surface area contributed by atoms with Crippen molar-refractivity contribution in [1.29, 1.82) is 0 Å². The summed E-state index contributed by atoms with van der Waals surface area (Å²) < 4.78 is 52.9. The number of benzene rings is 2. The van der Waals surface area contributed by atoms with Crippen LogP contribution in [0.25, 0.3) is 32.9 Å². The van der Waals surface area contributed by atoms with Crippen molar-refractivity contribution in [3.63, 3.8) is 0 Å². The van der Waals surface area contributed by atoms with Crippen LogP contribution in [0.4, 0.5) is 19.4 Å². The summed E-state index contributed by atoms with van der Waals surface area (Å²) in [5.41, 5.74) is -0.284. The van der Waals surface area contributed by atoms with E-state index in [2.05, 4.69) is 20.9 Å².